The van der Waals surface area contributed by atoms with Gasteiger partial charge in [0.2, 0.25) is 0 Å². The molecule has 1 fully saturated rings. The number of nitrogens with one attached hydrogen (secondary N) is 1. The van der Waals surface area contributed by atoms with E-state index in [1.807, 2.05) is 37.3 Å². The lowest BCUT2D eigenvalue weighted by Crippen LogP contribution is -2.47. The third-order valence-corrected chi connectivity index (χ3v) is 5.32. The van der Waals surface area contributed by atoms with Gasteiger partial charge in [-0.25, -0.2) is 0 Å². The number of benzene rings is 1. The molecule has 0 aromatic heterocycles. The minimum atomic E-state index is -3.42. The Balaban J connectivity index is 2.01. The standard InChI is InChI=1S/C14H22N2O3S/c1-3-16(2)20(17,18)15-13-10-7-11-14(13)19-12-8-5-4-6-9-12/h4-6,8-9,13-15H,3,7,10-11H2,1-2H3/t13-,14+/m1/s1. The smallest absolute Gasteiger partial charge is 0.279 e. The molecule has 20 heavy (non-hydrogen) atoms. The number of para-hydroxylation sites is 1. The average Bonchev–Trinajstić information content (AvgIpc) is 2.85. The lowest BCUT2D eigenvalue weighted by atomic mass is 10.2. The molecular weight excluding hydrogens is 276 g/mol. The van der Waals surface area contributed by atoms with Crippen molar-refractivity contribution >= 4 is 10.2 Å². The van der Waals surface area contributed by atoms with Crippen molar-refractivity contribution in [2.45, 2.75) is 38.3 Å². The fourth-order valence-corrected chi connectivity index (χ4v) is 3.50. The quantitative estimate of drug-likeness (QED) is 0.871. The highest BCUT2D eigenvalue weighted by molar-refractivity contribution is 7.87. The highest BCUT2D eigenvalue weighted by atomic mass is 32.2. The Kier molecular flexibility index (Phi) is 5.01. The molecule has 1 aliphatic rings. The summed E-state index contributed by atoms with van der Waals surface area (Å²) in [6.07, 6.45) is 2.56. The summed E-state index contributed by atoms with van der Waals surface area (Å²) in [6, 6.07) is 9.37. The maximum atomic E-state index is 12.1. The van der Waals surface area contributed by atoms with E-state index in [0.717, 1.165) is 25.0 Å². The van der Waals surface area contributed by atoms with Crippen LogP contribution >= 0.6 is 0 Å². The van der Waals surface area contributed by atoms with E-state index >= 15 is 0 Å². The predicted octanol–water partition coefficient (Wildman–Crippen LogP) is 1.77. The van der Waals surface area contributed by atoms with E-state index in [0.29, 0.717) is 6.54 Å². The van der Waals surface area contributed by atoms with Crippen molar-refractivity contribution in [1.82, 2.24) is 9.03 Å². The second kappa shape index (κ2) is 6.56. The molecule has 0 radical (unpaired) electrons. The van der Waals surface area contributed by atoms with E-state index in [4.69, 9.17) is 4.74 Å². The van der Waals surface area contributed by atoms with E-state index in [2.05, 4.69) is 4.72 Å². The van der Waals surface area contributed by atoms with Crippen molar-refractivity contribution in [3.05, 3.63) is 30.3 Å². The molecule has 1 aliphatic carbocycles. The molecule has 1 aromatic rings. The van der Waals surface area contributed by atoms with Crippen molar-refractivity contribution in [1.29, 1.82) is 0 Å². The van der Waals surface area contributed by atoms with E-state index < -0.39 is 10.2 Å². The number of nitrogens with zero attached hydrogens (tertiary/aromatic N) is 1. The molecule has 1 aromatic carbocycles. The van der Waals surface area contributed by atoms with Gasteiger partial charge in [-0.1, -0.05) is 25.1 Å². The average molecular weight is 298 g/mol. The van der Waals surface area contributed by atoms with Crippen LogP contribution in [0.2, 0.25) is 0 Å². The van der Waals surface area contributed by atoms with Crippen LogP contribution in [-0.4, -0.2) is 38.5 Å². The molecule has 1 N–H and O–H groups in total. The van der Waals surface area contributed by atoms with Crippen LogP contribution in [0, 0.1) is 0 Å². The van der Waals surface area contributed by atoms with Crippen LogP contribution < -0.4 is 9.46 Å². The summed E-state index contributed by atoms with van der Waals surface area (Å²) in [5, 5.41) is 0. The number of rotatable bonds is 6. The van der Waals surface area contributed by atoms with Crippen molar-refractivity contribution in [3.8, 4) is 5.75 Å². The summed E-state index contributed by atoms with van der Waals surface area (Å²) in [4.78, 5) is 0. The largest absolute Gasteiger partial charge is 0.489 e. The monoisotopic (exact) mass is 298 g/mol. The molecule has 0 unspecified atom stereocenters. The summed E-state index contributed by atoms with van der Waals surface area (Å²) in [5.41, 5.74) is 0. The SMILES string of the molecule is CCN(C)S(=O)(=O)N[C@@H]1CCC[C@@H]1Oc1ccccc1. The summed E-state index contributed by atoms with van der Waals surface area (Å²) in [7, 11) is -1.84. The number of hydrogen-bond donors (Lipinski definition) is 1. The first-order valence-electron chi connectivity index (χ1n) is 6.98. The molecule has 0 heterocycles. The summed E-state index contributed by atoms with van der Waals surface area (Å²) in [6.45, 7) is 2.26. The minimum Gasteiger partial charge on any atom is -0.489 e. The first-order chi connectivity index (χ1) is 9.53. The van der Waals surface area contributed by atoms with Crippen LogP contribution in [0.1, 0.15) is 26.2 Å². The summed E-state index contributed by atoms with van der Waals surface area (Å²) < 4.78 is 34.1. The Hall–Kier alpha value is -1.11. The Morgan fingerprint density at radius 3 is 2.65 bits per heavy atom. The van der Waals surface area contributed by atoms with E-state index in [1.165, 1.54) is 4.31 Å². The van der Waals surface area contributed by atoms with E-state index in [9.17, 15) is 8.42 Å². The first-order valence-corrected chi connectivity index (χ1v) is 8.42. The molecule has 2 rings (SSSR count). The van der Waals surface area contributed by atoms with Crippen molar-refractivity contribution in [3.63, 3.8) is 0 Å². The van der Waals surface area contributed by atoms with Gasteiger partial charge in [0, 0.05) is 13.6 Å². The molecule has 0 aliphatic heterocycles. The van der Waals surface area contributed by atoms with Crippen molar-refractivity contribution in [2.75, 3.05) is 13.6 Å². The fourth-order valence-electron chi connectivity index (χ4n) is 2.33. The molecule has 0 saturated heterocycles. The van der Waals surface area contributed by atoms with Crippen LogP contribution in [0.15, 0.2) is 30.3 Å². The molecule has 1 saturated carbocycles. The van der Waals surface area contributed by atoms with Gasteiger partial charge in [0.15, 0.2) is 0 Å². The highest BCUT2D eigenvalue weighted by Crippen LogP contribution is 2.25. The zero-order chi connectivity index (χ0) is 14.6. The third kappa shape index (κ3) is 3.71. The van der Waals surface area contributed by atoms with Gasteiger partial charge in [-0.05, 0) is 31.4 Å². The molecular formula is C14H22N2O3S. The summed E-state index contributed by atoms with van der Waals surface area (Å²) in [5.74, 6) is 0.785. The van der Waals surface area contributed by atoms with Crippen LogP contribution in [0.5, 0.6) is 5.75 Å². The predicted molar refractivity (Wildman–Crippen MR) is 78.9 cm³/mol. The molecule has 6 heteroatoms. The van der Waals surface area contributed by atoms with Gasteiger partial charge >= 0.3 is 0 Å². The molecule has 2 atom stereocenters. The van der Waals surface area contributed by atoms with Gasteiger partial charge < -0.3 is 4.74 Å². The Bertz CT molecular complexity index is 518. The van der Waals surface area contributed by atoms with Gasteiger partial charge in [0.25, 0.3) is 10.2 Å². The third-order valence-electron chi connectivity index (χ3n) is 3.64. The van der Waals surface area contributed by atoms with Crippen LogP contribution in [0.25, 0.3) is 0 Å². The molecule has 0 spiro atoms. The topological polar surface area (TPSA) is 58.6 Å². The van der Waals surface area contributed by atoms with Gasteiger partial charge in [-0.2, -0.15) is 17.4 Å². The van der Waals surface area contributed by atoms with Gasteiger partial charge in [0.05, 0.1) is 6.04 Å². The fraction of sp³-hybridized carbons (Fsp3) is 0.571. The number of hydrogen-bond acceptors (Lipinski definition) is 3. The lowest BCUT2D eigenvalue weighted by Gasteiger charge is -2.24. The zero-order valence-corrected chi connectivity index (χ0v) is 12.8. The van der Waals surface area contributed by atoms with E-state index in [1.54, 1.807) is 7.05 Å². The Labute approximate surface area is 121 Å². The maximum Gasteiger partial charge on any atom is 0.279 e. The normalized spacial score (nSPS) is 23.1. The number of ether oxygens (including phenoxy) is 1. The lowest BCUT2D eigenvalue weighted by molar-refractivity contribution is 0.184. The Morgan fingerprint density at radius 2 is 2.00 bits per heavy atom. The van der Waals surface area contributed by atoms with Gasteiger partial charge in [0.1, 0.15) is 11.9 Å². The molecule has 0 bridgehead atoms. The molecule has 5 nitrogen and oxygen atoms in total. The van der Waals surface area contributed by atoms with Crippen LogP contribution in [0.3, 0.4) is 0 Å². The van der Waals surface area contributed by atoms with Gasteiger partial charge in [-0.3, -0.25) is 0 Å². The second-order valence-corrected chi connectivity index (χ2v) is 6.85. The minimum absolute atomic E-state index is 0.0996. The van der Waals surface area contributed by atoms with E-state index in [-0.39, 0.29) is 12.1 Å². The van der Waals surface area contributed by atoms with Crippen LogP contribution in [0.4, 0.5) is 0 Å². The zero-order valence-electron chi connectivity index (χ0n) is 12.0. The molecule has 0 amide bonds. The maximum absolute atomic E-state index is 12.1. The Morgan fingerprint density at radius 1 is 1.30 bits per heavy atom. The summed E-state index contributed by atoms with van der Waals surface area (Å²) >= 11 is 0. The first kappa shape index (κ1) is 15.3. The van der Waals surface area contributed by atoms with Crippen molar-refractivity contribution < 1.29 is 13.2 Å². The highest BCUT2D eigenvalue weighted by Gasteiger charge is 2.33. The molecule has 112 valence electrons. The van der Waals surface area contributed by atoms with Crippen LogP contribution in [-0.2, 0) is 10.2 Å². The van der Waals surface area contributed by atoms with Gasteiger partial charge in [-0.15, -0.1) is 0 Å². The van der Waals surface area contributed by atoms with Crippen molar-refractivity contribution in [2.24, 2.45) is 0 Å². The second-order valence-electron chi connectivity index (χ2n) is 5.04.